The van der Waals surface area contributed by atoms with Gasteiger partial charge in [0, 0.05) is 17.2 Å². The van der Waals surface area contributed by atoms with Gasteiger partial charge in [-0.05, 0) is 48.5 Å². The first-order chi connectivity index (χ1) is 13.4. The summed E-state index contributed by atoms with van der Waals surface area (Å²) in [4.78, 5) is 13.2. The molecule has 3 rings (SSSR count). The number of pyridine rings is 1. The predicted octanol–water partition coefficient (Wildman–Crippen LogP) is 3.62. The highest BCUT2D eigenvalue weighted by atomic mass is 35.5. The van der Waals surface area contributed by atoms with Crippen LogP contribution in [0.2, 0.25) is 5.02 Å². The summed E-state index contributed by atoms with van der Waals surface area (Å²) in [6, 6.07) is 1.81. The number of aromatic nitrogens is 3. The Morgan fingerprint density at radius 1 is 1.14 bits per heavy atom. The Morgan fingerprint density at radius 3 is 2.34 bits per heavy atom. The lowest BCUT2D eigenvalue weighted by Gasteiger charge is -2.32. The molecule has 9 heteroatoms. The van der Waals surface area contributed by atoms with Gasteiger partial charge in [-0.15, -0.1) is 0 Å². The summed E-state index contributed by atoms with van der Waals surface area (Å²) in [6.45, 7) is 13.8. The monoisotopic (exact) mass is 418 g/mol. The molecular formula is C20H28BClN4O3. The lowest BCUT2D eigenvalue weighted by atomic mass is 9.79. The Balaban J connectivity index is 1.92. The first-order valence-electron chi connectivity index (χ1n) is 9.62. The molecule has 1 N–H and O–H groups in total. The molecule has 2 aromatic rings. The van der Waals surface area contributed by atoms with E-state index in [1.807, 2.05) is 54.5 Å². The fraction of sp³-hybridized carbons (Fsp3) is 0.550. The maximum absolute atomic E-state index is 6.39. The van der Waals surface area contributed by atoms with Crippen LogP contribution in [0.5, 0.6) is 5.88 Å². The van der Waals surface area contributed by atoms with Gasteiger partial charge in [-0.3, -0.25) is 0 Å². The number of ether oxygens (including phenoxy) is 1. The SMILES string of the molecule is COc1ncc(B2OC(C)(C)C(C)(C)O2)cc1C(C)Nc1nc(C)nc(C)c1Cl. The Kier molecular flexibility index (Phi) is 5.82. The molecule has 156 valence electrons. The number of nitrogens with zero attached hydrogens (tertiary/aromatic N) is 3. The average molecular weight is 419 g/mol. The van der Waals surface area contributed by atoms with Crippen LogP contribution < -0.4 is 15.5 Å². The zero-order valence-corrected chi connectivity index (χ0v) is 19.0. The number of rotatable bonds is 5. The van der Waals surface area contributed by atoms with Crippen LogP contribution in [0.3, 0.4) is 0 Å². The van der Waals surface area contributed by atoms with Crippen LogP contribution in [0.15, 0.2) is 12.3 Å². The van der Waals surface area contributed by atoms with E-state index < -0.39 is 18.3 Å². The highest BCUT2D eigenvalue weighted by molar-refractivity contribution is 6.62. The summed E-state index contributed by atoms with van der Waals surface area (Å²) in [6.07, 6.45) is 1.73. The fourth-order valence-corrected chi connectivity index (χ4v) is 3.29. The van der Waals surface area contributed by atoms with Crippen LogP contribution in [0.25, 0.3) is 0 Å². The largest absolute Gasteiger partial charge is 0.496 e. The summed E-state index contributed by atoms with van der Waals surface area (Å²) < 4.78 is 17.8. The molecule has 0 aliphatic carbocycles. The van der Waals surface area contributed by atoms with Gasteiger partial charge < -0.3 is 19.4 Å². The third-order valence-electron chi connectivity index (χ3n) is 5.57. The molecule has 29 heavy (non-hydrogen) atoms. The number of hydrogen-bond acceptors (Lipinski definition) is 7. The molecule has 1 atom stereocenters. The van der Waals surface area contributed by atoms with Crippen LogP contribution in [-0.4, -0.2) is 40.4 Å². The Hall–Kier alpha value is -1.90. The summed E-state index contributed by atoms with van der Waals surface area (Å²) in [5.74, 6) is 1.74. The van der Waals surface area contributed by atoms with Gasteiger partial charge in [0.25, 0.3) is 0 Å². The van der Waals surface area contributed by atoms with Crippen molar-refractivity contribution in [3.8, 4) is 5.88 Å². The van der Waals surface area contributed by atoms with E-state index in [1.165, 1.54) is 0 Å². The maximum Gasteiger partial charge on any atom is 0.496 e. The van der Waals surface area contributed by atoms with Crippen molar-refractivity contribution in [2.75, 3.05) is 12.4 Å². The van der Waals surface area contributed by atoms with E-state index in [0.717, 1.165) is 16.7 Å². The van der Waals surface area contributed by atoms with Gasteiger partial charge in [0.1, 0.15) is 16.7 Å². The first-order valence-corrected chi connectivity index (χ1v) is 9.99. The number of anilines is 1. The van der Waals surface area contributed by atoms with Gasteiger partial charge in [0.05, 0.1) is 30.0 Å². The minimum Gasteiger partial charge on any atom is -0.481 e. The average Bonchev–Trinajstić information content (AvgIpc) is 2.86. The fourth-order valence-electron chi connectivity index (χ4n) is 3.15. The third-order valence-corrected chi connectivity index (χ3v) is 6.02. The lowest BCUT2D eigenvalue weighted by molar-refractivity contribution is 0.00578. The molecule has 1 aliphatic heterocycles. The minimum absolute atomic E-state index is 0.175. The molecule has 0 aromatic carbocycles. The molecule has 0 amide bonds. The number of halogens is 1. The summed E-state index contributed by atoms with van der Waals surface area (Å²) in [5.41, 5.74) is 1.56. The smallest absolute Gasteiger partial charge is 0.481 e. The van der Waals surface area contributed by atoms with E-state index in [0.29, 0.717) is 22.5 Å². The Labute approximate surface area is 177 Å². The van der Waals surface area contributed by atoms with Crippen LogP contribution in [-0.2, 0) is 9.31 Å². The lowest BCUT2D eigenvalue weighted by Crippen LogP contribution is -2.41. The van der Waals surface area contributed by atoms with Gasteiger partial charge in [0.2, 0.25) is 5.88 Å². The molecule has 1 fully saturated rings. The maximum atomic E-state index is 6.39. The van der Waals surface area contributed by atoms with E-state index in [2.05, 4.69) is 20.3 Å². The van der Waals surface area contributed by atoms with Crippen LogP contribution in [0.4, 0.5) is 5.82 Å². The van der Waals surface area contributed by atoms with Crippen LogP contribution in [0, 0.1) is 13.8 Å². The van der Waals surface area contributed by atoms with Gasteiger partial charge in [-0.1, -0.05) is 17.7 Å². The molecule has 0 saturated carbocycles. The van der Waals surface area contributed by atoms with Crippen molar-refractivity contribution in [3.05, 3.63) is 34.4 Å². The quantitative estimate of drug-likeness (QED) is 0.743. The van der Waals surface area contributed by atoms with E-state index >= 15 is 0 Å². The highest BCUT2D eigenvalue weighted by Crippen LogP contribution is 2.37. The molecule has 1 unspecified atom stereocenters. The Bertz CT molecular complexity index is 907. The van der Waals surface area contributed by atoms with Crippen molar-refractivity contribution in [2.45, 2.75) is 65.7 Å². The van der Waals surface area contributed by atoms with Crippen molar-refractivity contribution < 1.29 is 14.0 Å². The topological polar surface area (TPSA) is 78.4 Å². The molecule has 2 aromatic heterocycles. The third kappa shape index (κ3) is 4.20. The van der Waals surface area contributed by atoms with Crippen LogP contribution >= 0.6 is 11.6 Å². The first kappa shape index (κ1) is 21.8. The number of aryl methyl sites for hydroxylation is 2. The minimum atomic E-state index is -0.503. The van der Waals surface area contributed by atoms with Gasteiger partial charge in [0.15, 0.2) is 0 Å². The van der Waals surface area contributed by atoms with Gasteiger partial charge in [-0.2, -0.15) is 0 Å². The molecule has 1 aliphatic rings. The number of methoxy groups -OCH3 is 1. The van der Waals surface area contributed by atoms with E-state index in [1.54, 1.807) is 13.3 Å². The van der Waals surface area contributed by atoms with Crippen LogP contribution in [0.1, 0.15) is 57.7 Å². The molecule has 0 spiro atoms. The van der Waals surface area contributed by atoms with E-state index in [9.17, 15) is 0 Å². The zero-order valence-electron chi connectivity index (χ0n) is 18.3. The molecule has 7 nitrogen and oxygen atoms in total. The van der Waals surface area contributed by atoms with E-state index in [-0.39, 0.29) is 6.04 Å². The zero-order chi connectivity index (χ0) is 21.6. The van der Waals surface area contributed by atoms with Gasteiger partial charge >= 0.3 is 7.12 Å². The highest BCUT2D eigenvalue weighted by Gasteiger charge is 2.52. The number of hydrogen-bond donors (Lipinski definition) is 1. The predicted molar refractivity (Wildman–Crippen MR) is 115 cm³/mol. The molecule has 1 saturated heterocycles. The van der Waals surface area contributed by atoms with Gasteiger partial charge in [-0.25, -0.2) is 15.0 Å². The second-order valence-corrected chi connectivity index (χ2v) is 8.72. The van der Waals surface area contributed by atoms with Crippen molar-refractivity contribution in [2.24, 2.45) is 0 Å². The summed E-state index contributed by atoms with van der Waals surface area (Å²) in [5, 5.41) is 3.85. The van der Waals surface area contributed by atoms with Crippen molar-refractivity contribution in [3.63, 3.8) is 0 Å². The Morgan fingerprint density at radius 2 is 1.76 bits per heavy atom. The second kappa shape index (κ2) is 7.74. The second-order valence-electron chi connectivity index (χ2n) is 8.34. The van der Waals surface area contributed by atoms with Crippen molar-refractivity contribution >= 4 is 30.0 Å². The number of nitrogens with one attached hydrogen (secondary N) is 1. The van der Waals surface area contributed by atoms with E-state index in [4.69, 9.17) is 25.6 Å². The molecular weight excluding hydrogens is 391 g/mol. The summed E-state index contributed by atoms with van der Waals surface area (Å²) >= 11 is 6.39. The molecule has 3 heterocycles. The summed E-state index contributed by atoms with van der Waals surface area (Å²) in [7, 11) is 1.09. The molecule has 0 bridgehead atoms. The standard InChI is InChI=1S/C20H28BClN4O3/c1-11(25-17-16(22)12(2)24-13(3)26-17)15-9-14(10-23-18(15)27-8)21-28-19(4,5)20(6,7)29-21/h9-11H,1-8H3,(H,24,25,26). The van der Waals surface area contributed by atoms with Crippen molar-refractivity contribution in [1.82, 2.24) is 15.0 Å². The van der Waals surface area contributed by atoms with Crippen molar-refractivity contribution in [1.29, 1.82) is 0 Å². The normalized spacial score (nSPS) is 18.6. The molecule has 0 radical (unpaired) electrons.